The van der Waals surface area contributed by atoms with Crippen molar-refractivity contribution in [3.8, 4) is 0 Å². The van der Waals surface area contributed by atoms with Crippen LogP contribution in [-0.2, 0) is 13.6 Å². The Kier molecular flexibility index (Phi) is 5.21. The van der Waals surface area contributed by atoms with Crippen LogP contribution in [0.3, 0.4) is 0 Å². The number of halogens is 1. The van der Waals surface area contributed by atoms with Crippen LogP contribution in [0.5, 0.6) is 0 Å². The van der Waals surface area contributed by atoms with Gasteiger partial charge in [-0.25, -0.2) is 0 Å². The molecule has 3 rings (SSSR count). The minimum atomic E-state index is -0.0505. The first-order valence-corrected chi connectivity index (χ1v) is 8.70. The molecule has 0 aliphatic carbocycles. The SMILES string of the molecule is CNC(=O)c1ccc([C@@H]2CCCCN2Cc2ccc(Cl)cn2)n1C. The van der Waals surface area contributed by atoms with Gasteiger partial charge in [0, 0.05) is 32.5 Å². The first-order valence-electron chi connectivity index (χ1n) is 8.32. The fourth-order valence-corrected chi connectivity index (χ4v) is 3.55. The molecule has 0 saturated carbocycles. The molecule has 3 heterocycles. The van der Waals surface area contributed by atoms with E-state index in [1.54, 1.807) is 13.2 Å². The van der Waals surface area contributed by atoms with E-state index >= 15 is 0 Å². The number of aromatic nitrogens is 2. The average molecular weight is 347 g/mol. The van der Waals surface area contributed by atoms with Crippen LogP contribution in [0.2, 0.25) is 5.02 Å². The summed E-state index contributed by atoms with van der Waals surface area (Å²) in [4.78, 5) is 18.8. The van der Waals surface area contributed by atoms with Crippen molar-refractivity contribution in [3.05, 3.63) is 52.6 Å². The second kappa shape index (κ2) is 7.36. The van der Waals surface area contributed by atoms with Crippen LogP contribution in [0.15, 0.2) is 30.5 Å². The zero-order chi connectivity index (χ0) is 17.1. The summed E-state index contributed by atoms with van der Waals surface area (Å²) in [6.45, 7) is 1.83. The van der Waals surface area contributed by atoms with Gasteiger partial charge in [-0.1, -0.05) is 18.0 Å². The van der Waals surface area contributed by atoms with Gasteiger partial charge in [-0.15, -0.1) is 0 Å². The van der Waals surface area contributed by atoms with Crippen molar-refractivity contribution < 1.29 is 4.79 Å². The van der Waals surface area contributed by atoms with Crippen molar-refractivity contribution in [3.63, 3.8) is 0 Å². The minimum absolute atomic E-state index is 0.0505. The van der Waals surface area contributed by atoms with Crippen molar-refractivity contribution in [1.29, 1.82) is 0 Å². The van der Waals surface area contributed by atoms with E-state index in [2.05, 4.69) is 21.3 Å². The summed E-state index contributed by atoms with van der Waals surface area (Å²) in [7, 11) is 3.63. The molecule has 1 saturated heterocycles. The fraction of sp³-hybridized carbons (Fsp3) is 0.444. The molecule has 1 N–H and O–H groups in total. The topological polar surface area (TPSA) is 50.2 Å². The lowest BCUT2D eigenvalue weighted by atomic mass is 9.99. The zero-order valence-electron chi connectivity index (χ0n) is 14.1. The number of nitrogens with one attached hydrogen (secondary N) is 1. The Labute approximate surface area is 147 Å². The molecular weight excluding hydrogens is 324 g/mol. The first-order chi connectivity index (χ1) is 11.6. The monoisotopic (exact) mass is 346 g/mol. The zero-order valence-corrected chi connectivity index (χ0v) is 14.9. The number of carbonyl (C=O) groups is 1. The Morgan fingerprint density at radius 1 is 1.33 bits per heavy atom. The highest BCUT2D eigenvalue weighted by molar-refractivity contribution is 6.30. The van der Waals surface area contributed by atoms with E-state index < -0.39 is 0 Å². The van der Waals surface area contributed by atoms with Gasteiger partial charge in [0.2, 0.25) is 0 Å². The van der Waals surface area contributed by atoms with Crippen molar-refractivity contribution in [2.24, 2.45) is 7.05 Å². The molecule has 24 heavy (non-hydrogen) atoms. The molecule has 0 spiro atoms. The Morgan fingerprint density at radius 3 is 2.88 bits per heavy atom. The van der Waals surface area contributed by atoms with Crippen molar-refractivity contribution >= 4 is 17.5 Å². The molecule has 0 aromatic carbocycles. The highest BCUT2D eigenvalue weighted by Crippen LogP contribution is 2.32. The maximum Gasteiger partial charge on any atom is 0.267 e. The third-order valence-corrected chi connectivity index (χ3v) is 4.95. The summed E-state index contributed by atoms with van der Waals surface area (Å²) in [6, 6.07) is 8.15. The number of amides is 1. The predicted molar refractivity (Wildman–Crippen MR) is 95.1 cm³/mol. The molecule has 1 aliphatic heterocycles. The second-order valence-corrected chi connectivity index (χ2v) is 6.67. The average Bonchev–Trinajstić information content (AvgIpc) is 2.98. The third kappa shape index (κ3) is 3.47. The Hall–Kier alpha value is -1.85. The molecule has 1 aliphatic rings. The summed E-state index contributed by atoms with van der Waals surface area (Å²) >= 11 is 5.93. The van der Waals surface area contributed by atoms with Gasteiger partial charge in [0.25, 0.3) is 5.91 Å². The predicted octanol–water partition coefficient (Wildman–Crippen LogP) is 3.16. The Balaban J connectivity index is 1.83. The number of hydrogen-bond acceptors (Lipinski definition) is 3. The summed E-state index contributed by atoms with van der Waals surface area (Å²) in [5.41, 5.74) is 2.90. The third-order valence-electron chi connectivity index (χ3n) is 4.73. The molecule has 128 valence electrons. The quantitative estimate of drug-likeness (QED) is 0.925. The van der Waals surface area contributed by atoms with Gasteiger partial charge in [0.15, 0.2) is 0 Å². The van der Waals surface area contributed by atoms with E-state index in [0.29, 0.717) is 16.8 Å². The number of hydrogen-bond donors (Lipinski definition) is 1. The van der Waals surface area contributed by atoms with Crippen LogP contribution in [-0.4, -0.2) is 34.0 Å². The first kappa shape index (κ1) is 17.0. The van der Waals surface area contributed by atoms with Gasteiger partial charge < -0.3 is 9.88 Å². The number of likely N-dealkylation sites (tertiary alicyclic amines) is 1. The van der Waals surface area contributed by atoms with E-state index in [9.17, 15) is 4.79 Å². The van der Waals surface area contributed by atoms with Gasteiger partial charge in [-0.05, 0) is 43.7 Å². The lowest BCUT2D eigenvalue weighted by molar-refractivity contribution is 0.0952. The van der Waals surface area contributed by atoms with E-state index in [0.717, 1.165) is 25.2 Å². The lowest BCUT2D eigenvalue weighted by Crippen LogP contribution is -2.34. The van der Waals surface area contributed by atoms with Gasteiger partial charge in [-0.3, -0.25) is 14.7 Å². The van der Waals surface area contributed by atoms with Crippen LogP contribution in [0.4, 0.5) is 0 Å². The number of carbonyl (C=O) groups excluding carboxylic acids is 1. The summed E-state index contributed by atoms with van der Waals surface area (Å²) in [5.74, 6) is -0.0505. The van der Waals surface area contributed by atoms with E-state index in [1.807, 2.05) is 29.8 Å². The summed E-state index contributed by atoms with van der Waals surface area (Å²) in [5, 5.41) is 3.36. The van der Waals surface area contributed by atoms with Crippen LogP contribution in [0.1, 0.15) is 47.2 Å². The molecule has 2 aromatic rings. The standard InChI is InChI=1S/C18H23ClN4O/c1-20-18(24)17-9-8-15(22(17)2)16-5-3-4-10-23(16)12-14-7-6-13(19)11-21-14/h6-9,11,16H,3-5,10,12H2,1-2H3,(H,20,24)/t16-/m0/s1. The summed E-state index contributed by atoms with van der Waals surface area (Å²) in [6.07, 6.45) is 5.19. The molecule has 5 nitrogen and oxygen atoms in total. The normalized spacial score (nSPS) is 18.5. The van der Waals surface area contributed by atoms with Crippen LogP contribution >= 0.6 is 11.6 Å². The van der Waals surface area contributed by atoms with Crippen LogP contribution < -0.4 is 5.32 Å². The smallest absolute Gasteiger partial charge is 0.267 e. The number of piperidine rings is 1. The maximum absolute atomic E-state index is 12.0. The Bertz CT molecular complexity index is 710. The summed E-state index contributed by atoms with van der Waals surface area (Å²) < 4.78 is 2.01. The van der Waals surface area contributed by atoms with Crippen LogP contribution in [0, 0.1) is 0 Å². The minimum Gasteiger partial charge on any atom is -0.354 e. The number of nitrogens with zero attached hydrogens (tertiary/aromatic N) is 3. The van der Waals surface area contributed by atoms with Gasteiger partial charge >= 0.3 is 0 Å². The second-order valence-electron chi connectivity index (χ2n) is 6.23. The molecule has 1 atom stereocenters. The van der Waals surface area contributed by atoms with Gasteiger partial charge in [-0.2, -0.15) is 0 Å². The molecule has 0 radical (unpaired) electrons. The Morgan fingerprint density at radius 2 is 2.17 bits per heavy atom. The van der Waals surface area contributed by atoms with Crippen molar-refractivity contribution in [1.82, 2.24) is 19.8 Å². The molecule has 0 unspecified atom stereocenters. The maximum atomic E-state index is 12.0. The largest absolute Gasteiger partial charge is 0.354 e. The van der Waals surface area contributed by atoms with Crippen molar-refractivity contribution in [2.75, 3.05) is 13.6 Å². The van der Waals surface area contributed by atoms with E-state index in [-0.39, 0.29) is 5.91 Å². The lowest BCUT2D eigenvalue weighted by Gasteiger charge is -2.36. The highest BCUT2D eigenvalue weighted by atomic mass is 35.5. The molecule has 1 amide bonds. The van der Waals surface area contributed by atoms with Crippen molar-refractivity contribution in [2.45, 2.75) is 31.8 Å². The van der Waals surface area contributed by atoms with E-state index in [4.69, 9.17) is 11.6 Å². The highest BCUT2D eigenvalue weighted by Gasteiger charge is 2.27. The van der Waals surface area contributed by atoms with Gasteiger partial charge in [0.1, 0.15) is 5.69 Å². The fourth-order valence-electron chi connectivity index (χ4n) is 3.44. The number of rotatable bonds is 4. The molecule has 2 aromatic heterocycles. The number of pyridine rings is 1. The molecule has 6 heteroatoms. The molecular formula is C18H23ClN4O. The van der Waals surface area contributed by atoms with E-state index in [1.165, 1.54) is 18.5 Å². The molecule has 1 fully saturated rings. The van der Waals surface area contributed by atoms with Gasteiger partial charge in [0.05, 0.1) is 16.8 Å². The molecule has 0 bridgehead atoms. The van der Waals surface area contributed by atoms with Crippen LogP contribution in [0.25, 0.3) is 0 Å².